The van der Waals surface area contributed by atoms with Crippen LogP contribution in [0.25, 0.3) is 0 Å². The van der Waals surface area contributed by atoms with Crippen molar-refractivity contribution in [3.8, 4) is 0 Å². The van der Waals surface area contributed by atoms with Crippen molar-refractivity contribution in [1.82, 2.24) is 79.3 Å². The number of nitrogens with zero attached hydrogens (tertiary/aromatic N) is 1. The van der Waals surface area contributed by atoms with E-state index >= 15 is 28.0 Å². The maximum atomic E-state index is 15.3. The van der Waals surface area contributed by atoms with E-state index in [-0.39, 0.29) is 120 Å². The van der Waals surface area contributed by atoms with Gasteiger partial charge in [0.25, 0.3) is 0 Å². The number of halogens is 2. The van der Waals surface area contributed by atoms with Gasteiger partial charge in [-0.2, -0.15) is 0 Å². The minimum atomic E-state index is -1.94. The van der Waals surface area contributed by atoms with Crippen molar-refractivity contribution in [1.29, 1.82) is 0 Å². The van der Waals surface area contributed by atoms with Crippen LogP contribution < -0.4 is 80.2 Å². The molecule has 9 unspecified atom stereocenters. The van der Waals surface area contributed by atoms with Gasteiger partial charge < -0.3 is 95.3 Å². The molecule has 2 bridgehead atoms. The molecule has 103 heavy (non-hydrogen) atoms. The molecule has 0 spiro atoms. The van der Waals surface area contributed by atoms with Crippen molar-refractivity contribution in [2.24, 2.45) is 35.3 Å². The van der Waals surface area contributed by atoms with Gasteiger partial charge in [0.05, 0.1) is 19.1 Å². The summed E-state index contributed by atoms with van der Waals surface area (Å²) < 4.78 is 30.4. The molecule has 6 heterocycles. The Morgan fingerprint density at radius 1 is 0.612 bits per heavy atom. The number of nitrogens with two attached hydrogens (primary N) is 1. The van der Waals surface area contributed by atoms with Gasteiger partial charge in [-0.05, 0) is 183 Å². The van der Waals surface area contributed by atoms with Crippen LogP contribution in [0.5, 0.6) is 0 Å². The molecule has 4 saturated heterocycles. The Labute approximate surface area is 598 Å². The number of carbonyl (C=O) groups excluding carboxylic acids is 12. The lowest BCUT2D eigenvalue weighted by atomic mass is 9.76. The van der Waals surface area contributed by atoms with E-state index in [1.165, 1.54) is 25.7 Å². The largest absolute Gasteiger partial charge is 0.481 e. The Balaban J connectivity index is 1.02. The number of carboxylic acids is 1. The number of carboxylic acid groups (broad SMARTS) is 1. The number of alkyl halides is 2. The fourth-order valence-corrected chi connectivity index (χ4v) is 16.5. The molecule has 1 aromatic rings. The zero-order chi connectivity index (χ0) is 74.2. The van der Waals surface area contributed by atoms with Gasteiger partial charge in [-0.3, -0.25) is 62.3 Å². The minimum Gasteiger partial charge on any atom is -0.481 e. The van der Waals surface area contributed by atoms with Crippen molar-refractivity contribution >= 4 is 76.9 Å². The standard InChI is InChI=1S/C70H106F2N16O15/c1-36-62(96)78-34-59(92)82-53(24-41-31-75-49-18-14-43(71)26-47(41)49)64(98)83-54(25-42-32-76-50-19-15-44(72)27-48(42)50)65(99)85-56(29-60(93)94)67(101)84-55(28-45-33-74-35-79-45)66(100)86-57(23-39-12-16-46(90)17-13-39)68(102)88-21-5-20-70(88,3)69(103)87-51(61(73)95)6-4-7-58(91)77-30-40-10-8-38(9-11-40)22-52(63(97)80-36)81-37(2)89/h8-11,36,39,41-57,74-76,79,90H,4-7,12-35H2,1-3H3,(H2,73,95)(H,77,91)(H,78,96)(H,80,97)(H,81,89)(H,82,92)(H,83,98)(H,84,101)(H,85,99)(H,86,100)(H,87,103)(H,93,94)/t36-,39?,41?,42?,43?,44?,45?,46?,47?,48?,49?,50?,51-,52-,53-,54-,55-,56-,57-,70-/m0/s1. The quantitative estimate of drug-likeness (QED) is 0.0961. The topological polar surface area (TPSA) is 460 Å². The molecular weight excluding hydrogens is 1340 g/mol. The number of primary amides is 1. The van der Waals surface area contributed by atoms with Gasteiger partial charge in [-0.25, -0.2) is 8.78 Å². The first-order valence-corrected chi connectivity index (χ1v) is 36.8. The maximum absolute atomic E-state index is 15.3. The molecule has 6 aliphatic heterocycles. The van der Waals surface area contributed by atoms with E-state index in [1.54, 1.807) is 24.3 Å². The number of fused-ring (bicyclic) bond motifs is 35. The second-order valence-electron chi connectivity index (χ2n) is 30.0. The summed E-state index contributed by atoms with van der Waals surface area (Å²) in [7, 11) is 0. The highest BCUT2D eigenvalue weighted by Crippen LogP contribution is 2.40. The summed E-state index contributed by atoms with van der Waals surface area (Å²) in [5, 5.41) is 60.8. The van der Waals surface area contributed by atoms with Crippen LogP contribution in [0.1, 0.15) is 160 Å². The van der Waals surface area contributed by atoms with E-state index in [0.29, 0.717) is 88.7 Å². The van der Waals surface area contributed by atoms with Crippen molar-refractivity contribution in [2.45, 2.75) is 253 Å². The zero-order valence-corrected chi connectivity index (χ0v) is 59.1. The van der Waals surface area contributed by atoms with Crippen LogP contribution in [-0.4, -0.2) is 222 Å². The Morgan fingerprint density at radius 2 is 1.18 bits per heavy atom. The molecule has 12 amide bonds. The molecule has 1 aromatic carbocycles. The van der Waals surface area contributed by atoms with Crippen LogP contribution in [-0.2, 0) is 75.3 Å². The predicted octanol–water partition coefficient (Wildman–Crippen LogP) is -2.51. The van der Waals surface area contributed by atoms with Crippen LogP contribution >= 0.6 is 0 Å². The molecule has 33 heteroatoms. The van der Waals surface area contributed by atoms with Crippen molar-refractivity contribution in [2.75, 3.05) is 39.4 Å². The fourth-order valence-electron chi connectivity index (χ4n) is 16.5. The fraction of sp³-hybridized carbons (Fsp3) is 0.729. The van der Waals surface area contributed by atoms with Gasteiger partial charge in [0.15, 0.2) is 0 Å². The Kier molecular flexibility index (Phi) is 28.1. The van der Waals surface area contributed by atoms with Gasteiger partial charge in [-0.15, -0.1) is 0 Å². The summed E-state index contributed by atoms with van der Waals surface area (Å²) in [6.07, 6.45) is -0.142. The Bertz CT molecular complexity index is 3230. The molecule has 31 nitrogen and oxygen atoms in total. The maximum Gasteiger partial charge on any atom is 0.305 e. The van der Waals surface area contributed by atoms with Gasteiger partial charge >= 0.3 is 5.97 Å². The van der Waals surface area contributed by atoms with E-state index in [2.05, 4.69) is 74.4 Å². The van der Waals surface area contributed by atoms with Crippen LogP contribution in [0.3, 0.4) is 0 Å². The monoisotopic (exact) mass is 1450 g/mol. The molecule has 3 saturated carbocycles. The molecule has 0 aromatic heterocycles. The second-order valence-corrected chi connectivity index (χ2v) is 30.0. The normalized spacial score (nSPS) is 35.6. The van der Waals surface area contributed by atoms with Crippen LogP contribution in [0.2, 0.25) is 0 Å². The average Bonchev–Trinajstić information content (AvgIpc) is 1.68. The van der Waals surface area contributed by atoms with E-state index in [9.17, 15) is 53.4 Å². The number of benzene rings is 1. The van der Waals surface area contributed by atoms with E-state index < -0.39 is 180 Å². The molecule has 570 valence electrons. The minimum absolute atomic E-state index is 0.0341. The van der Waals surface area contributed by atoms with E-state index in [0.717, 1.165) is 0 Å². The summed E-state index contributed by atoms with van der Waals surface area (Å²) in [5.74, 6) is -12.8. The number of carbonyl (C=O) groups is 13. The van der Waals surface area contributed by atoms with E-state index in [4.69, 9.17) is 5.73 Å². The van der Waals surface area contributed by atoms with Crippen LogP contribution in [0.15, 0.2) is 24.3 Å². The molecule has 10 rings (SSSR count). The number of rotatable bonds is 12. The summed E-state index contributed by atoms with van der Waals surface area (Å²) in [5.41, 5.74) is 5.51. The molecule has 3 aliphatic carbocycles. The van der Waals surface area contributed by atoms with Gasteiger partial charge in [-0.1, -0.05) is 24.3 Å². The zero-order valence-electron chi connectivity index (χ0n) is 59.1. The third-order valence-electron chi connectivity index (χ3n) is 22.4. The van der Waals surface area contributed by atoms with Crippen LogP contribution in [0, 0.1) is 29.6 Å². The number of nitrogens with one attached hydrogen (secondary N) is 14. The average molecular weight is 1450 g/mol. The number of amides is 12. The second kappa shape index (κ2) is 36.6. The number of aliphatic carboxylic acids is 1. The highest BCUT2D eigenvalue weighted by atomic mass is 19.1. The van der Waals surface area contributed by atoms with Gasteiger partial charge in [0.1, 0.15) is 66.2 Å². The number of hydrogen-bond acceptors (Lipinski definition) is 18. The summed E-state index contributed by atoms with van der Waals surface area (Å²) in [4.78, 5) is 185. The van der Waals surface area contributed by atoms with Crippen molar-refractivity contribution in [3.63, 3.8) is 0 Å². The number of hydrogen-bond donors (Lipinski definition) is 17. The number of aliphatic hydroxyl groups is 1. The third-order valence-corrected chi connectivity index (χ3v) is 22.4. The third kappa shape index (κ3) is 22.0. The highest BCUT2D eigenvalue weighted by Gasteiger charge is 2.50. The Morgan fingerprint density at radius 3 is 1.77 bits per heavy atom. The summed E-state index contributed by atoms with van der Waals surface area (Å²) in [6, 6.07) is -5.54. The Hall–Kier alpha value is -8.01. The molecular formula is C70H106F2N16O15. The lowest BCUT2D eigenvalue weighted by molar-refractivity contribution is -0.148. The molecule has 9 aliphatic rings. The van der Waals surface area contributed by atoms with Gasteiger partial charge in [0, 0.05) is 64.2 Å². The lowest BCUT2D eigenvalue weighted by Gasteiger charge is -2.38. The predicted molar refractivity (Wildman–Crippen MR) is 368 cm³/mol. The first-order chi connectivity index (χ1) is 49.1. The molecule has 18 atom stereocenters. The van der Waals surface area contributed by atoms with Gasteiger partial charge in [0.2, 0.25) is 70.9 Å². The smallest absolute Gasteiger partial charge is 0.305 e. The summed E-state index contributed by atoms with van der Waals surface area (Å²) in [6.45, 7) is 4.75. The SMILES string of the molecule is CC(=O)N[C@H]1Cc2ccc(cc2)CNC(=O)CCC[C@@H](C(N)=O)NC(=O)[C@]2(C)CCCN2C(=O)[C@H](CC2CCC(O)CC2)NC(=O)[C@H](CC2CNCN2)NC(=O)[C@H](CC(=O)O)NC(=O)[C@H](CC2CNC3CCC(F)CC23)NC(=O)[C@H](CC2CNC3CCC(F)CC23)NC(=O)CNC(=O)[C@H](C)NC1=O. The first-order valence-electron chi connectivity index (χ1n) is 36.8. The highest BCUT2D eigenvalue weighted by molar-refractivity contribution is 6.00. The molecule has 0 radical (unpaired) electrons. The molecule has 7 fully saturated rings. The lowest BCUT2D eigenvalue weighted by Crippen LogP contribution is -2.63. The van der Waals surface area contributed by atoms with Crippen LogP contribution in [0.4, 0.5) is 8.78 Å². The number of aliphatic hydroxyl groups excluding tert-OH is 1. The van der Waals surface area contributed by atoms with Crippen molar-refractivity contribution in [3.05, 3.63) is 35.4 Å². The first kappa shape index (κ1) is 79.1. The summed E-state index contributed by atoms with van der Waals surface area (Å²) >= 11 is 0. The molecule has 18 N–H and O–H groups in total. The van der Waals surface area contributed by atoms with Crippen molar-refractivity contribution < 1.29 is 81.3 Å². The van der Waals surface area contributed by atoms with E-state index in [1.807, 2.05) is 0 Å².